The molecule has 2 N–H and O–H groups in total. The second-order valence-corrected chi connectivity index (χ2v) is 6.12. The van der Waals surface area contributed by atoms with Gasteiger partial charge >= 0.3 is 0 Å². The van der Waals surface area contributed by atoms with E-state index in [0.717, 1.165) is 30.2 Å². The maximum atomic E-state index is 11.8. The van der Waals surface area contributed by atoms with Crippen LogP contribution >= 0.6 is 11.3 Å². The number of hydrogen-bond donors (Lipinski definition) is 2. The van der Waals surface area contributed by atoms with E-state index >= 15 is 0 Å². The zero-order valence-corrected chi connectivity index (χ0v) is 13.0. The fourth-order valence-electron chi connectivity index (χ4n) is 2.26. The minimum atomic E-state index is 0.0133. The minimum Gasteiger partial charge on any atom is -0.375 e. The van der Waals surface area contributed by atoms with Crippen LogP contribution in [0, 0.1) is 5.92 Å². The molecule has 0 spiro atoms. The van der Waals surface area contributed by atoms with Crippen molar-refractivity contribution in [3.8, 4) is 0 Å². The number of rotatable bonds is 7. The summed E-state index contributed by atoms with van der Waals surface area (Å²) in [5.41, 5.74) is 0.907. The number of nitrogens with zero attached hydrogens (tertiary/aromatic N) is 1. The molecule has 5 nitrogen and oxygen atoms in total. The molecular formula is C14H23N3O2S. The number of hydrogen-bond acceptors (Lipinski definition) is 5. The molecule has 1 saturated heterocycles. The van der Waals surface area contributed by atoms with E-state index in [4.69, 9.17) is 4.74 Å². The van der Waals surface area contributed by atoms with Crippen LogP contribution in [0.5, 0.6) is 0 Å². The first kappa shape index (κ1) is 15.4. The maximum Gasteiger partial charge on any atom is 0.220 e. The van der Waals surface area contributed by atoms with Crippen molar-refractivity contribution in [3.05, 3.63) is 16.1 Å². The van der Waals surface area contributed by atoms with Gasteiger partial charge in [-0.3, -0.25) is 4.79 Å². The summed E-state index contributed by atoms with van der Waals surface area (Å²) >= 11 is 1.57. The quantitative estimate of drug-likeness (QED) is 0.806. The molecule has 1 aromatic rings. The molecule has 2 rings (SSSR count). The Morgan fingerprint density at radius 1 is 1.70 bits per heavy atom. The van der Waals surface area contributed by atoms with Crippen molar-refractivity contribution in [3.63, 3.8) is 0 Å². The lowest BCUT2D eigenvalue weighted by molar-refractivity contribution is -0.121. The monoisotopic (exact) mass is 297 g/mol. The average Bonchev–Trinajstić information content (AvgIpc) is 3.13. The van der Waals surface area contributed by atoms with Gasteiger partial charge in [0.25, 0.3) is 0 Å². The highest BCUT2D eigenvalue weighted by molar-refractivity contribution is 7.09. The third kappa shape index (κ3) is 4.54. The average molecular weight is 297 g/mol. The second-order valence-electron chi connectivity index (χ2n) is 5.23. The van der Waals surface area contributed by atoms with Crippen molar-refractivity contribution >= 4 is 17.2 Å². The Bertz CT molecular complexity index is 430. The van der Waals surface area contributed by atoms with Gasteiger partial charge in [0, 0.05) is 18.9 Å². The van der Waals surface area contributed by atoms with Gasteiger partial charge in [-0.1, -0.05) is 0 Å². The summed E-state index contributed by atoms with van der Waals surface area (Å²) in [6, 6.07) is 0. The molecule has 0 aliphatic carbocycles. The summed E-state index contributed by atoms with van der Waals surface area (Å²) in [5, 5.41) is 9.19. The Morgan fingerprint density at radius 3 is 3.25 bits per heavy atom. The van der Waals surface area contributed by atoms with Crippen molar-refractivity contribution in [1.82, 2.24) is 15.6 Å². The molecule has 0 aromatic carbocycles. The second kappa shape index (κ2) is 7.71. The first-order chi connectivity index (χ1) is 9.69. The van der Waals surface area contributed by atoms with Crippen LogP contribution in [0.3, 0.4) is 0 Å². The predicted octanol–water partition coefficient (Wildman–Crippen LogP) is 1.86. The summed E-state index contributed by atoms with van der Waals surface area (Å²) in [4.78, 5) is 16.2. The van der Waals surface area contributed by atoms with E-state index in [9.17, 15) is 4.79 Å². The fraction of sp³-hybridized carbons (Fsp3) is 0.714. The number of carbonyl (C=O) groups excluding carboxylic acids is 1. The summed E-state index contributed by atoms with van der Waals surface area (Å²) in [7, 11) is 1.67. The molecule has 1 amide bonds. The molecule has 0 saturated carbocycles. The Morgan fingerprint density at radius 2 is 2.55 bits per heavy atom. The molecule has 112 valence electrons. The van der Waals surface area contributed by atoms with Gasteiger partial charge in [0.15, 0.2) is 0 Å². The SMILES string of the molecule is COC(C)c1nc(CNC(=O)CCC2CCNC2)cs1. The largest absolute Gasteiger partial charge is 0.375 e. The van der Waals surface area contributed by atoms with E-state index in [0.29, 0.717) is 18.9 Å². The van der Waals surface area contributed by atoms with Crippen LogP contribution in [0.25, 0.3) is 0 Å². The Kier molecular flexibility index (Phi) is 5.94. The number of aromatic nitrogens is 1. The zero-order chi connectivity index (χ0) is 14.4. The molecule has 2 unspecified atom stereocenters. The summed E-state index contributed by atoms with van der Waals surface area (Å²) in [6.45, 7) is 4.62. The lowest BCUT2D eigenvalue weighted by atomic mass is 10.0. The van der Waals surface area contributed by atoms with Crippen molar-refractivity contribution in [2.75, 3.05) is 20.2 Å². The van der Waals surface area contributed by atoms with E-state index in [1.165, 1.54) is 6.42 Å². The molecule has 0 bridgehead atoms. The molecule has 1 aromatic heterocycles. The van der Waals surface area contributed by atoms with Crippen molar-refractivity contribution in [1.29, 1.82) is 0 Å². The van der Waals surface area contributed by atoms with E-state index in [2.05, 4.69) is 15.6 Å². The van der Waals surface area contributed by atoms with Gasteiger partial charge in [-0.15, -0.1) is 11.3 Å². The molecule has 0 radical (unpaired) electrons. The normalized spacial score (nSPS) is 20.0. The number of thiazole rings is 1. The molecule has 6 heteroatoms. The first-order valence-electron chi connectivity index (χ1n) is 7.13. The molecule has 1 aliphatic heterocycles. The highest BCUT2D eigenvalue weighted by Gasteiger charge is 2.16. The Hall–Kier alpha value is -0.980. The molecule has 2 heterocycles. The molecule has 2 atom stereocenters. The summed E-state index contributed by atoms with van der Waals surface area (Å²) in [6.07, 6.45) is 2.79. The molecule has 20 heavy (non-hydrogen) atoms. The van der Waals surface area contributed by atoms with Crippen LogP contribution in [-0.2, 0) is 16.1 Å². The standard InChI is InChI=1S/C14H23N3O2S/c1-10(19-2)14-17-12(9-20-14)8-16-13(18)4-3-11-5-6-15-7-11/h9-11,15H,3-8H2,1-2H3,(H,16,18). The van der Waals surface area contributed by atoms with Crippen molar-refractivity contribution in [2.45, 2.75) is 38.8 Å². The summed E-state index contributed by atoms with van der Waals surface area (Å²) < 4.78 is 5.23. The number of amides is 1. The number of ether oxygens (including phenoxy) is 1. The van der Waals surface area contributed by atoms with Crippen LogP contribution in [0.15, 0.2) is 5.38 Å². The highest BCUT2D eigenvalue weighted by Crippen LogP contribution is 2.20. The Balaban J connectivity index is 1.68. The van der Waals surface area contributed by atoms with Gasteiger partial charge in [0.1, 0.15) is 11.1 Å². The number of methoxy groups -OCH3 is 1. The van der Waals surface area contributed by atoms with Crippen LogP contribution in [0.4, 0.5) is 0 Å². The van der Waals surface area contributed by atoms with Crippen LogP contribution < -0.4 is 10.6 Å². The topological polar surface area (TPSA) is 63.2 Å². The Labute approximate surface area is 124 Å². The van der Waals surface area contributed by atoms with Gasteiger partial charge in [0.2, 0.25) is 5.91 Å². The zero-order valence-electron chi connectivity index (χ0n) is 12.1. The lowest BCUT2D eigenvalue weighted by Gasteiger charge is -2.08. The molecular weight excluding hydrogens is 274 g/mol. The lowest BCUT2D eigenvalue weighted by Crippen LogP contribution is -2.23. The van der Waals surface area contributed by atoms with Crippen molar-refractivity contribution < 1.29 is 9.53 Å². The molecule has 1 fully saturated rings. The van der Waals surface area contributed by atoms with E-state index in [1.807, 2.05) is 12.3 Å². The van der Waals surface area contributed by atoms with Gasteiger partial charge in [-0.25, -0.2) is 4.98 Å². The van der Waals surface area contributed by atoms with E-state index in [1.54, 1.807) is 18.4 Å². The maximum absolute atomic E-state index is 11.8. The van der Waals surface area contributed by atoms with Gasteiger partial charge in [-0.2, -0.15) is 0 Å². The van der Waals surface area contributed by atoms with Crippen LogP contribution in [0.1, 0.15) is 43.0 Å². The van der Waals surface area contributed by atoms with Gasteiger partial charge in [0.05, 0.1) is 12.2 Å². The van der Waals surface area contributed by atoms with Gasteiger partial charge < -0.3 is 15.4 Å². The van der Waals surface area contributed by atoms with Crippen molar-refractivity contribution in [2.24, 2.45) is 5.92 Å². The van der Waals surface area contributed by atoms with E-state index < -0.39 is 0 Å². The highest BCUT2D eigenvalue weighted by atomic mass is 32.1. The molecule has 1 aliphatic rings. The fourth-order valence-corrected chi connectivity index (χ4v) is 3.12. The smallest absolute Gasteiger partial charge is 0.220 e. The summed E-state index contributed by atoms with van der Waals surface area (Å²) in [5.74, 6) is 0.778. The van der Waals surface area contributed by atoms with Crippen LogP contribution in [-0.4, -0.2) is 31.1 Å². The number of carbonyl (C=O) groups is 1. The van der Waals surface area contributed by atoms with Crippen LogP contribution in [0.2, 0.25) is 0 Å². The number of nitrogens with one attached hydrogen (secondary N) is 2. The first-order valence-corrected chi connectivity index (χ1v) is 8.01. The third-order valence-electron chi connectivity index (χ3n) is 3.68. The van der Waals surface area contributed by atoms with E-state index in [-0.39, 0.29) is 12.0 Å². The third-order valence-corrected chi connectivity index (χ3v) is 4.73. The minimum absolute atomic E-state index is 0.0133. The predicted molar refractivity (Wildman–Crippen MR) is 79.6 cm³/mol. The van der Waals surface area contributed by atoms with Gasteiger partial charge in [-0.05, 0) is 38.8 Å².